The first-order valence-corrected chi connectivity index (χ1v) is 13.7. The van der Waals surface area contributed by atoms with E-state index in [0.717, 1.165) is 70.8 Å². The quantitative estimate of drug-likeness (QED) is 0.154. The van der Waals surface area contributed by atoms with Gasteiger partial charge in [0.15, 0.2) is 0 Å². The third-order valence-electron chi connectivity index (χ3n) is 6.69. The minimum atomic E-state index is 0.663. The fraction of sp³-hybridized carbons (Fsp3) is 0.143. The number of aldehydes is 1. The molecule has 1 aliphatic rings. The van der Waals surface area contributed by atoms with Crippen LogP contribution in [0.15, 0.2) is 127 Å². The number of aromatic nitrogens is 2. The molecule has 0 saturated heterocycles. The summed E-state index contributed by atoms with van der Waals surface area (Å²) in [6.07, 6.45) is 17.9. The van der Waals surface area contributed by atoms with E-state index in [4.69, 9.17) is 4.98 Å². The number of carbonyl (C=O) groups is 1. The highest BCUT2D eigenvalue weighted by atomic mass is 16.1. The molecule has 2 aromatic carbocycles. The summed E-state index contributed by atoms with van der Waals surface area (Å²) in [5.74, 6) is 0. The summed E-state index contributed by atoms with van der Waals surface area (Å²) < 4.78 is 0. The molecule has 2 aromatic heterocycles. The number of carbonyl (C=O) groups excluding carboxylic acids is 1. The number of benzene rings is 2. The Kier molecular flexibility index (Phi) is 8.84. The van der Waals surface area contributed by atoms with Gasteiger partial charge in [-0.1, -0.05) is 55.5 Å². The van der Waals surface area contributed by atoms with Gasteiger partial charge in [0, 0.05) is 35.9 Å². The summed E-state index contributed by atoms with van der Waals surface area (Å²) in [4.78, 5) is 27.5. The molecule has 3 heterocycles. The predicted molar refractivity (Wildman–Crippen MR) is 165 cm³/mol. The first-order chi connectivity index (χ1) is 19.7. The van der Waals surface area contributed by atoms with Crippen molar-refractivity contribution in [3.63, 3.8) is 0 Å². The first kappa shape index (κ1) is 26.7. The number of pyridine rings is 2. The summed E-state index contributed by atoms with van der Waals surface area (Å²) in [6, 6.07) is 26.3. The highest BCUT2D eigenvalue weighted by molar-refractivity contribution is 6.01. The van der Waals surface area contributed by atoms with E-state index in [1.54, 1.807) is 6.20 Å². The number of allylic oxidation sites excluding steroid dienone is 4. The lowest BCUT2D eigenvalue weighted by Gasteiger charge is -2.24. The van der Waals surface area contributed by atoms with Gasteiger partial charge in [-0.05, 0) is 91.1 Å². The first-order valence-electron chi connectivity index (χ1n) is 13.7. The number of rotatable bonds is 10. The van der Waals surface area contributed by atoms with Crippen LogP contribution in [0.2, 0.25) is 0 Å². The molecule has 4 aromatic rings. The second kappa shape index (κ2) is 13.3. The second-order valence-electron chi connectivity index (χ2n) is 9.47. The Balaban J connectivity index is 1.50. The Morgan fingerprint density at radius 1 is 0.825 bits per heavy atom. The van der Waals surface area contributed by atoms with Gasteiger partial charge in [0.1, 0.15) is 6.29 Å². The summed E-state index contributed by atoms with van der Waals surface area (Å²) in [5.41, 5.74) is 8.45. The Morgan fingerprint density at radius 2 is 1.57 bits per heavy atom. The Bertz CT molecular complexity index is 1550. The van der Waals surface area contributed by atoms with Crippen LogP contribution in [0.25, 0.3) is 22.5 Å². The van der Waals surface area contributed by atoms with Gasteiger partial charge in [-0.2, -0.15) is 0 Å². The van der Waals surface area contributed by atoms with Crippen LogP contribution in [0.5, 0.6) is 0 Å². The normalized spacial score (nSPS) is 13.1. The molecule has 0 aliphatic carbocycles. The van der Waals surface area contributed by atoms with E-state index in [1.807, 2.05) is 48.7 Å². The summed E-state index contributed by atoms with van der Waals surface area (Å²) in [6.45, 7) is 2.82. The van der Waals surface area contributed by atoms with Crippen LogP contribution >= 0.6 is 0 Å². The van der Waals surface area contributed by atoms with Crippen molar-refractivity contribution in [3.05, 3.63) is 133 Å². The van der Waals surface area contributed by atoms with Crippen LogP contribution in [0.1, 0.15) is 42.2 Å². The zero-order chi connectivity index (χ0) is 27.6. The average molecular weight is 525 g/mol. The second-order valence-corrected chi connectivity index (χ2v) is 9.47. The number of hydrogen-bond acceptors (Lipinski definition) is 5. The van der Waals surface area contributed by atoms with Crippen molar-refractivity contribution in [2.45, 2.75) is 26.2 Å². The number of nitrogens with zero attached hydrogens (tertiary/aromatic N) is 4. The average Bonchev–Trinajstić information content (AvgIpc) is 3.04. The summed E-state index contributed by atoms with van der Waals surface area (Å²) >= 11 is 0. The maximum Gasteiger partial charge on any atom is 0.150 e. The van der Waals surface area contributed by atoms with Crippen LogP contribution in [0, 0.1) is 0 Å². The predicted octanol–water partition coefficient (Wildman–Crippen LogP) is 8.38. The van der Waals surface area contributed by atoms with Gasteiger partial charge in [0.05, 0.1) is 22.8 Å². The van der Waals surface area contributed by atoms with Gasteiger partial charge in [-0.15, -0.1) is 0 Å². The molecule has 0 bridgehead atoms. The SMILES string of the molecule is CC/C=C\C=C/CN(c1ccc(C=O)cc1)c1ccc(-c2cc(C3=NC=CCC3)nc(-c3ccccn3)c2)cc1. The molecule has 0 spiro atoms. The lowest BCUT2D eigenvalue weighted by atomic mass is 10.00. The lowest BCUT2D eigenvalue weighted by Crippen LogP contribution is -2.16. The molecule has 1 aliphatic heterocycles. The Hall–Kier alpha value is -4.90. The molecular weight excluding hydrogens is 492 g/mol. The van der Waals surface area contributed by atoms with Crippen molar-refractivity contribution in [2.75, 3.05) is 11.4 Å². The highest BCUT2D eigenvalue weighted by Gasteiger charge is 2.14. The molecule has 0 saturated carbocycles. The van der Waals surface area contributed by atoms with E-state index in [2.05, 4.69) is 88.6 Å². The number of hydrogen-bond donors (Lipinski definition) is 0. The van der Waals surface area contributed by atoms with E-state index in [-0.39, 0.29) is 0 Å². The zero-order valence-corrected chi connectivity index (χ0v) is 22.6. The molecule has 5 rings (SSSR count). The molecule has 0 amide bonds. The van der Waals surface area contributed by atoms with E-state index in [0.29, 0.717) is 12.1 Å². The van der Waals surface area contributed by atoms with Gasteiger partial charge in [0.2, 0.25) is 0 Å². The van der Waals surface area contributed by atoms with Crippen molar-refractivity contribution >= 4 is 23.4 Å². The topological polar surface area (TPSA) is 58.5 Å². The van der Waals surface area contributed by atoms with E-state index in [9.17, 15) is 4.79 Å². The van der Waals surface area contributed by atoms with E-state index < -0.39 is 0 Å². The fourth-order valence-corrected chi connectivity index (χ4v) is 4.57. The monoisotopic (exact) mass is 524 g/mol. The number of anilines is 2. The van der Waals surface area contributed by atoms with Crippen LogP contribution in [0.4, 0.5) is 11.4 Å². The lowest BCUT2D eigenvalue weighted by molar-refractivity contribution is 0.112. The molecule has 0 unspecified atom stereocenters. The van der Waals surface area contributed by atoms with Crippen molar-refractivity contribution < 1.29 is 4.79 Å². The minimum Gasteiger partial charge on any atom is -0.338 e. The van der Waals surface area contributed by atoms with Gasteiger partial charge >= 0.3 is 0 Å². The highest BCUT2D eigenvalue weighted by Crippen LogP contribution is 2.31. The smallest absolute Gasteiger partial charge is 0.150 e. The summed E-state index contributed by atoms with van der Waals surface area (Å²) in [7, 11) is 0. The molecule has 40 heavy (non-hydrogen) atoms. The maximum absolute atomic E-state index is 11.2. The molecule has 0 radical (unpaired) electrons. The van der Waals surface area contributed by atoms with Gasteiger partial charge in [-0.3, -0.25) is 14.8 Å². The standard InChI is InChI=1S/C35H32N4O/c1-2-3-4-5-10-23-39(30-17-13-27(26-40)14-18-30)31-19-15-28(16-20-31)29-24-34(32-11-6-8-21-36-32)38-35(25-29)33-12-7-9-22-37-33/h3-6,8-11,13-22,24-26H,2,7,12,23H2,1H3/b4-3-,10-5-. The van der Waals surface area contributed by atoms with Crippen molar-refractivity contribution in [1.29, 1.82) is 0 Å². The molecule has 0 atom stereocenters. The van der Waals surface area contributed by atoms with Crippen LogP contribution in [-0.4, -0.2) is 28.5 Å². The Labute approximate surface area is 236 Å². The minimum absolute atomic E-state index is 0.663. The Morgan fingerprint density at radius 3 is 2.25 bits per heavy atom. The van der Waals surface area contributed by atoms with Gasteiger partial charge in [-0.25, -0.2) is 4.98 Å². The molecule has 5 heteroatoms. The van der Waals surface area contributed by atoms with Crippen molar-refractivity contribution in [1.82, 2.24) is 9.97 Å². The van der Waals surface area contributed by atoms with E-state index in [1.165, 1.54) is 0 Å². The van der Waals surface area contributed by atoms with Crippen LogP contribution in [0.3, 0.4) is 0 Å². The third-order valence-corrected chi connectivity index (χ3v) is 6.69. The molecule has 5 nitrogen and oxygen atoms in total. The molecule has 0 fully saturated rings. The molecule has 0 N–H and O–H groups in total. The maximum atomic E-state index is 11.2. The summed E-state index contributed by atoms with van der Waals surface area (Å²) in [5, 5.41) is 0. The fourth-order valence-electron chi connectivity index (χ4n) is 4.57. The van der Waals surface area contributed by atoms with Crippen molar-refractivity contribution in [2.24, 2.45) is 4.99 Å². The van der Waals surface area contributed by atoms with Gasteiger partial charge in [0.25, 0.3) is 0 Å². The van der Waals surface area contributed by atoms with Crippen LogP contribution < -0.4 is 4.90 Å². The molecular formula is C35H32N4O. The number of aliphatic imine (C=N–C) groups is 1. The zero-order valence-electron chi connectivity index (χ0n) is 22.6. The van der Waals surface area contributed by atoms with Crippen molar-refractivity contribution in [3.8, 4) is 22.5 Å². The molecule has 198 valence electrons. The largest absolute Gasteiger partial charge is 0.338 e. The van der Waals surface area contributed by atoms with Gasteiger partial charge < -0.3 is 4.90 Å². The van der Waals surface area contributed by atoms with Crippen LogP contribution in [-0.2, 0) is 0 Å². The van der Waals surface area contributed by atoms with E-state index >= 15 is 0 Å². The third kappa shape index (κ3) is 6.56.